The quantitative estimate of drug-likeness (QED) is 0.183. The van der Waals surface area contributed by atoms with E-state index in [0.29, 0.717) is 18.1 Å². The minimum atomic E-state index is 0.399. The monoisotopic (exact) mass is 384 g/mol. The van der Waals surface area contributed by atoms with Crippen LogP contribution in [0.15, 0.2) is 42.5 Å². The van der Waals surface area contributed by atoms with Crippen LogP contribution in [0.4, 0.5) is 0 Å². The van der Waals surface area contributed by atoms with Gasteiger partial charge in [-0.05, 0) is 37.2 Å². The van der Waals surface area contributed by atoms with Crippen LogP contribution in [0.2, 0.25) is 0 Å². The Hall–Kier alpha value is -1.37. The first-order chi connectivity index (χ1) is 13.8. The molecule has 0 spiro atoms. The predicted octanol–water partition coefficient (Wildman–Crippen LogP) is 8.47. The smallest absolute Gasteiger partial charge is 0.137 e. The van der Waals surface area contributed by atoms with Crippen molar-refractivity contribution in [1.29, 1.82) is 0 Å². The topological polar surface area (TPSA) is 17.1 Å². The molecule has 1 heteroatoms. The summed E-state index contributed by atoms with van der Waals surface area (Å²) in [7, 11) is 0. The van der Waals surface area contributed by atoms with Crippen molar-refractivity contribution < 1.29 is 4.79 Å². The highest BCUT2D eigenvalue weighted by Gasteiger charge is 2.13. The van der Waals surface area contributed by atoms with Crippen LogP contribution in [-0.2, 0) is 11.2 Å². The lowest BCUT2D eigenvalue weighted by Gasteiger charge is -2.14. The van der Waals surface area contributed by atoms with E-state index in [4.69, 9.17) is 0 Å². The Morgan fingerprint density at radius 3 is 2.18 bits per heavy atom. The van der Waals surface area contributed by atoms with E-state index in [9.17, 15) is 4.79 Å². The molecule has 0 aromatic heterocycles. The Bertz CT molecular complexity index is 502. The number of Topliss-reactive ketones (excluding diaryl/α,β-unsaturated/α-hetero) is 1. The molecule has 0 aliphatic rings. The zero-order valence-corrected chi connectivity index (χ0v) is 18.6. The molecule has 0 fully saturated rings. The Morgan fingerprint density at radius 1 is 0.821 bits per heavy atom. The van der Waals surface area contributed by atoms with Gasteiger partial charge in [0.15, 0.2) is 0 Å². The number of benzene rings is 1. The largest absolute Gasteiger partial charge is 0.299 e. The van der Waals surface area contributed by atoms with Gasteiger partial charge < -0.3 is 0 Å². The number of carbonyl (C=O) groups excluding carboxylic acids is 1. The molecule has 0 amide bonds. The summed E-state index contributed by atoms with van der Waals surface area (Å²) in [6.45, 7) is 4.53. The fourth-order valence-corrected chi connectivity index (χ4v) is 3.83. The molecular weight excluding hydrogens is 340 g/mol. The normalized spacial score (nSPS) is 12.5. The molecule has 0 radical (unpaired) electrons. The van der Waals surface area contributed by atoms with Gasteiger partial charge in [-0.1, -0.05) is 114 Å². The molecule has 0 N–H and O–H groups in total. The van der Waals surface area contributed by atoms with Crippen LogP contribution in [0.25, 0.3) is 0 Å². The minimum absolute atomic E-state index is 0.399. The molecule has 28 heavy (non-hydrogen) atoms. The fraction of sp³-hybridized carbons (Fsp3) is 0.667. The summed E-state index contributed by atoms with van der Waals surface area (Å²) < 4.78 is 0. The predicted molar refractivity (Wildman–Crippen MR) is 124 cm³/mol. The molecule has 0 heterocycles. The van der Waals surface area contributed by atoms with E-state index in [-0.39, 0.29) is 0 Å². The van der Waals surface area contributed by atoms with Gasteiger partial charge in [-0.25, -0.2) is 0 Å². The van der Waals surface area contributed by atoms with Gasteiger partial charge in [0.05, 0.1) is 0 Å². The highest BCUT2D eigenvalue weighted by molar-refractivity contribution is 5.81. The summed E-state index contributed by atoms with van der Waals surface area (Å²) in [6.07, 6.45) is 22.8. The van der Waals surface area contributed by atoms with Crippen molar-refractivity contribution in [2.24, 2.45) is 5.92 Å². The highest BCUT2D eigenvalue weighted by Crippen LogP contribution is 2.21. The fourth-order valence-electron chi connectivity index (χ4n) is 3.83. The van der Waals surface area contributed by atoms with Gasteiger partial charge in [0, 0.05) is 12.8 Å². The highest BCUT2D eigenvalue weighted by atomic mass is 16.1. The Morgan fingerprint density at radius 2 is 1.46 bits per heavy atom. The number of allylic oxidation sites excluding steroid dienone is 2. The van der Waals surface area contributed by atoms with Gasteiger partial charge in [-0.2, -0.15) is 0 Å². The van der Waals surface area contributed by atoms with Crippen LogP contribution in [-0.4, -0.2) is 5.78 Å². The molecule has 1 nitrogen and oxygen atoms in total. The van der Waals surface area contributed by atoms with Crippen molar-refractivity contribution in [1.82, 2.24) is 0 Å². The molecular formula is C27H44O. The second-order valence-corrected chi connectivity index (χ2v) is 8.38. The Kier molecular flexibility index (Phi) is 15.6. The summed E-state index contributed by atoms with van der Waals surface area (Å²) >= 11 is 0. The standard InChI is InChI=1S/C27H44O/c1-3-5-7-9-10-11-12-13-16-20-25(19-15-8-6-4-2)23-27(28)24-26-21-17-14-18-22-26/h13-14,16-18,21-22,25H,3-12,15,19-20,23-24H2,1-2H3/b16-13-/t25-/m1/s1. The Labute approximate surface area is 175 Å². The first-order valence-electron chi connectivity index (χ1n) is 12.0. The molecule has 0 aliphatic heterocycles. The lowest BCUT2D eigenvalue weighted by Crippen LogP contribution is -2.10. The van der Waals surface area contributed by atoms with Gasteiger partial charge >= 0.3 is 0 Å². The zero-order chi connectivity index (χ0) is 20.3. The van der Waals surface area contributed by atoms with E-state index in [1.54, 1.807) is 0 Å². The van der Waals surface area contributed by atoms with Gasteiger partial charge in [-0.3, -0.25) is 4.79 Å². The van der Waals surface area contributed by atoms with Crippen molar-refractivity contribution in [3.63, 3.8) is 0 Å². The average Bonchev–Trinajstić information content (AvgIpc) is 2.70. The second kappa shape index (κ2) is 17.7. The molecule has 1 rings (SSSR count). The van der Waals surface area contributed by atoms with Crippen LogP contribution < -0.4 is 0 Å². The number of ketones is 1. The third-order valence-electron chi connectivity index (χ3n) is 5.59. The molecule has 1 atom stereocenters. The molecule has 0 aliphatic carbocycles. The number of hydrogen-bond acceptors (Lipinski definition) is 1. The summed E-state index contributed by atoms with van der Waals surface area (Å²) in [5, 5.41) is 0. The third kappa shape index (κ3) is 13.7. The summed E-state index contributed by atoms with van der Waals surface area (Å²) in [5.74, 6) is 0.921. The number of unbranched alkanes of at least 4 members (excludes halogenated alkanes) is 9. The van der Waals surface area contributed by atoms with Gasteiger partial charge in [-0.15, -0.1) is 0 Å². The molecule has 158 valence electrons. The van der Waals surface area contributed by atoms with Crippen molar-refractivity contribution in [3.8, 4) is 0 Å². The molecule has 1 aromatic carbocycles. The van der Waals surface area contributed by atoms with Crippen LogP contribution in [0.3, 0.4) is 0 Å². The minimum Gasteiger partial charge on any atom is -0.299 e. The number of rotatable bonds is 18. The third-order valence-corrected chi connectivity index (χ3v) is 5.59. The van der Waals surface area contributed by atoms with Gasteiger partial charge in [0.2, 0.25) is 0 Å². The molecule has 0 bridgehead atoms. The maximum Gasteiger partial charge on any atom is 0.137 e. The molecule has 0 saturated heterocycles. The Balaban J connectivity index is 2.32. The number of hydrogen-bond donors (Lipinski definition) is 0. The maximum absolute atomic E-state index is 12.5. The average molecular weight is 385 g/mol. The van der Waals surface area contributed by atoms with E-state index >= 15 is 0 Å². The summed E-state index contributed by atoms with van der Waals surface area (Å²) in [5.41, 5.74) is 1.15. The van der Waals surface area contributed by atoms with Crippen molar-refractivity contribution in [3.05, 3.63) is 48.0 Å². The SMILES string of the molecule is CCCCCCCC/C=C\C[C@@H](CCCCCC)CC(=O)Cc1ccccc1. The van der Waals surface area contributed by atoms with Crippen LogP contribution >= 0.6 is 0 Å². The molecule has 1 aromatic rings. The van der Waals surface area contributed by atoms with Gasteiger partial charge in [0.25, 0.3) is 0 Å². The number of carbonyl (C=O) groups is 1. The van der Waals surface area contributed by atoms with Crippen molar-refractivity contribution >= 4 is 5.78 Å². The van der Waals surface area contributed by atoms with Crippen molar-refractivity contribution in [2.45, 2.75) is 110 Å². The van der Waals surface area contributed by atoms with E-state index in [0.717, 1.165) is 18.4 Å². The van der Waals surface area contributed by atoms with E-state index < -0.39 is 0 Å². The first-order valence-corrected chi connectivity index (χ1v) is 12.0. The summed E-state index contributed by atoms with van der Waals surface area (Å²) in [6, 6.07) is 10.2. The van der Waals surface area contributed by atoms with E-state index in [2.05, 4.69) is 38.1 Å². The summed E-state index contributed by atoms with van der Waals surface area (Å²) in [4.78, 5) is 12.5. The molecule has 0 saturated carbocycles. The second-order valence-electron chi connectivity index (χ2n) is 8.38. The van der Waals surface area contributed by atoms with Crippen molar-refractivity contribution in [2.75, 3.05) is 0 Å². The zero-order valence-electron chi connectivity index (χ0n) is 18.6. The maximum atomic E-state index is 12.5. The van der Waals surface area contributed by atoms with Gasteiger partial charge in [0.1, 0.15) is 5.78 Å². The van der Waals surface area contributed by atoms with Crippen LogP contribution in [0.1, 0.15) is 109 Å². The first kappa shape index (κ1) is 24.7. The van der Waals surface area contributed by atoms with Crippen LogP contribution in [0, 0.1) is 5.92 Å². The molecule has 0 unspecified atom stereocenters. The lowest BCUT2D eigenvalue weighted by molar-refractivity contribution is -0.119. The van der Waals surface area contributed by atoms with E-state index in [1.165, 1.54) is 77.0 Å². The van der Waals surface area contributed by atoms with E-state index in [1.807, 2.05) is 18.2 Å². The van der Waals surface area contributed by atoms with Crippen LogP contribution in [0.5, 0.6) is 0 Å². The lowest BCUT2D eigenvalue weighted by atomic mass is 9.90.